The number of unbranched alkanes of at least 4 members (excludes halogenated alkanes) is 17. The van der Waals surface area contributed by atoms with Gasteiger partial charge in [0.15, 0.2) is 6.10 Å². The van der Waals surface area contributed by atoms with E-state index < -0.39 is 32.5 Å². The summed E-state index contributed by atoms with van der Waals surface area (Å²) in [4.78, 5) is 35.4. The number of phosphoric acid groups is 1. The first-order chi connectivity index (χ1) is 28.0. The molecule has 0 heterocycles. The summed E-state index contributed by atoms with van der Waals surface area (Å²) < 4.78 is 34.3. The number of likely N-dealkylation sites (N-methyl/N-ethyl adjacent to an activating group) is 1. The molecule has 0 saturated heterocycles. The van der Waals surface area contributed by atoms with Crippen molar-refractivity contribution in [3.8, 4) is 0 Å². The molecule has 9 nitrogen and oxygen atoms in total. The van der Waals surface area contributed by atoms with E-state index in [1.54, 1.807) is 0 Å². The molecule has 0 aliphatic carbocycles. The molecule has 0 aliphatic heterocycles. The van der Waals surface area contributed by atoms with Gasteiger partial charge in [-0.25, -0.2) is 4.57 Å². The average Bonchev–Trinajstić information content (AvgIpc) is 3.17. The van der Waals surface area contributed by atoms with Crippen LogP contribution in [0.5, 0.6) is 0 Å². The van der Waals surface area contributed by atoms with Crippen molar-refractivity contribution in [1.82, 2.24) is 0 Å². The summed E-state index contributed by atoms with van der Waals surface area (Å²) >= 11 is 0. The largest absolute Gasteiger partial charge is 0.472 e. The zero-order chi connectivity index (χ0) is 42.8. The zero-order valence-corrected chi connectivity index (χ0v) is 38.7. The Bertz CT molecular complexity index is 1170. The van der Waals surface area contributed by atoms with Gasteiger partial charge in [0, 0.05) is 12.8 Å². The molecule has 1 N–H and O–H groups in total. The van der Waals surface area contributed by atoms with Crippen LogP contribution >= 0.6 is 7.82 Å². The van der Waals surface area contributed by atoms with Crippen molar-refractivity contribution in [3.05, 3.63) is 60.8 Å². The highest BCUT2D eigenvalue weighted by Gasteiger charge is 2.27. The smallest absolute Gasteiger partial charge is 0.462 e. The predicted molar refractivity (Wildman–Crippen MR) is 243 cm³/mol. The van der Waals surface area contributed by atoms with E-state index in [0.29, 0.717) is 23.9 Å². The van der Waals surface area contributed by atoms with Crippen molar-refractivity contribution in [3.63, 3.8) is 0 Å². The number of carbonyl (C=O) groups is 2. The molecular weight excluding hydrogens is 750 g/mol. The van der Waals surface area contributed by atoms with E-state index in [-0.39, 0.29) is 26.1 Å². The van der Waals surface area contributed by atoms with Gasteiger partial charge in [-0.15, -0.1) is 0 Å². The van der Waals surface area contributed by atoms with Gasteiger partial charge < -0.3 is 18.9 Å². The molecule has 0 aromatic rings. The van der Waals surface area contributed by atoms with E-state index in [4.69, 9.17) is 18.5 Å². The normalized spacial score (nSPS) is 14.1. The number of hydrogen-bond acceptors (Lipinski definition) is 7. The van der Waals surface area contributed by atoms with Gasteiger partial charge in [-0.1, -0.05) is 177 Å². The number of rotatable bonds is 41. The quantitative estimate of drug-likeness (QED) is 0.0213. The number of esters is 2. The SMILES string of the molecule is CC/C=C\C/C=C\C/C=C\C/C=C\C/C=C\CCCC(=O)OC[C@H](COP(=O)(O)OCC[N+](C)(C)C)OC(=O)CCCCCCCCCCCCCCCCCCC. The Labute approximate surface area is 356 Å². The van der Waals surface area contributed by atoms with E-state index in [1.807, 2.05) is 21.1 Å². The van der Waals surface area contributed by atoms with Gasteiger partial charge in [-0.3, -0.25) is 18.6 Å². The van der Waals surface area contributed by atoms with Crippen molar-refractivity contribution in [2.75, 3.05) is 47.5 Å². The lowest BCUT2D eigenvalue weighted by molar-refractivity contribution is -0.870. The fourth-order valence-electron chi connectivity index (χ4n) is 5.99. The first-order valence-electron chi connectivity index (χ1n) is 23.0. The molecule has 0 spiro atoms. The Hall–Kier alpha value is -2.29. The highest BCUT2D eigenvalue weighted by molar-refractivity contribution is 7.47. The third-order valence-corrected chi connectivity index (χ3v) is 10.5. The third-order valence-electron chi connectivity index (χ3n) is 9.56. The molecule has 58 heavy (non-hydrogen) atoms. The van der Waals surface area contributed by atoms with Crippen molar-refractivity contribution in [2.24, 2.45) is 0 Å². The monoisotopic (exact) mass is 837 g/mol. The minimum atomic E-state index is -4.39. The summed E-state index contributed by atoms with van der Waals surface area (Å²) in [5.41, 5.74) is 0. The van der Waals surface area contributed by atoms with Crippen LogP contribution < -0.4 is 0 Å². The number of ether oxygens (including phenoxy) is 2. The van der Waals surface area contributed by atoms with Gasteiger partial charge in [0.05, 0.1) is 27.7 Å². The molecule has 0 amide bonds. The fraction of sp³-hybridized carbons (Fsp3) is 0.750. The van der Waals surface area contributed by atoms with Gasteiger partial charge in [0.25, 0.3) is 0 Å². The summed E-state index contributed by atoms with van der Waals surface area (Å²) in [5, 5.41) is 0. The van der Waals surface area contributed by atoms with Gasteiger partial charge >= 0.3 is 19.8 Å². The van der Waals surface area contributed by atoms with Crippen LogP contribution in [0.4, 0.5) is 0 Å². The minimum Gasteiger partial charge on any atom is -0.462 e. The molecule has 0 radical (unpaired) electrons. The summed E-state index contributed by atoms with van der Waals surface area (Å²) in [5.74, 6) is -0.865. The lowest BCUT2D eigenvalue weighted by Crippen LogP contribution is -2.37. The minimum absolute atomic E-state index is 0.0217. The summed E-state index contributed by atoms with van der Waals surface area (Å²) in [6.45, 7) is 4.25. The van der Waals surface area contributed by atoms with Crippen LogP contribution in [0, 0.1) is 0 Å². The van der Waals surface area contributed by atoms with Crippen LogP contribution in [0.25, 0.3) is 0 Å². The number of nitrogens with zero attached hydrogens (tertiary/aromatic N) is 1. The number of hydrogen-bond donors (Lipinski definition) is 1. The van der Waals surface area contributed by atoms with Crippen molar-refractivity contribution in [1.29, 1.82) is 0 Å². The maximum Gasteiger partial charge on any atom is 0.472 e. The molecule has 0 saturated carbocycles. The van der Waals surface area contributed by atoms with Gasteiger partial charge in [0.2, 0.25) is 0 Å². The molecular formula is C48H87NO8P+. The second-order valence-corrected chi connectivity index (χ2v) is 17.9. The fourth-order valence-corrected chi connectivity index (χ4v) is 6.73. The summed E-state index contributed by atoms with van der Waals surface area (Å²) in [6.07, 6.45) is 48.5. The van der Waals surface area contributed by atoms with E-state index in [2.05, 4.69) is 74.6 Å². The van der Waals surface area contributed by atoms with Crippen LogP contribution in [0.1, 0.15) is 181 Å². The van der Waals surface area contributed by atoms with Gasteiger partial charge in [-0.05, 0) is 51.4 Å². The van der Waals surface area contributed by atoms with Gasteiger partial charge in [0.1, 0.15) is 19.8 Å². The van der Waals surface area contributed by atoms with Gasteiger partial charge in [-0.2, -0.15) is 0 Å². The molecule has 336 valence electrons. The van der Waals surface area contributed by atoms with Crippen LogP contribution in [0.3, 0.4) is 0 Å². The maximum atomic E-state index is 12.7. The van der Waals surface area contributed by atoms with Crippen LogP contribution in [0.15, 0.2) is 60.8 Å². The van der Waals surface area contributed by atoms with Crippen LogP contribution in [-0.2, 0) is 32.7 Å². The molecule has 0 aliphatic rings. The average molecular weight is 837 g/mol. The first kappa shape index (κ1) is 55.7. The maximum absolute atomic E-state index is 12.7. The molecule has 0 fully saturated rings. The second-order valence-electron chi connectivity index (χ2n) is 16.4. The zero-order valence-electron chi connectivity index (χ0n) is 37.8. The highest BCUT2D eigenvalue weighted by Crippen LogP contribution is 2.43. The number of quaternary nitrogens is 1. The lowest BCUT2D eigenvalue weighted by atomic mass is 10.0. The van der Waals surface area contributed by atoms with Crippen molar-refractivity contribution in [2.45, 2.75) is 187 Å². The van der Waals surface area contributed by atoms with E-state index in [0.717, 1.165) is 51.4 Å². The molecule has 0 bridgehead atoms. The number of carbonyl (C=O) groups excluding carboxylic acids is 2. The van der Waals surface area contributed by atoms with E-state index in [9.17, 15) is 19.0 Å². The summed E-state index contributed by atoms with van der Waals surface area (Å²) in [7, 11) is 1.44. The molecule has 0 rings (SSSR count). The van der Waals surface area contributed by atoms with E-state index in [1.165, 1.54) is 89.9 Å². The molecule has 2 atom stereocenters. The standard InChI is InChI=1S/C48H86NO8P/c1-6-8-10-12-14-16-18-20-22-24-26-28-30-32-34-36-38-40-47(50)54-44-46(45-56-58(52,53)55-43-42-49(3,4)5)57-48(51)41-39-37-35-33-31-29-27-25-23-21-19-17-15-13-11-9-7-2/h8,10,14,16,20,22,26,28,32,34,46H,6-7,9,11-13,15,17-19,21,23-25,27,29-31,33,35-45H2,1-5H3/p+1/b10-8-,16-14-,22-20-,28-26-,34-32-/t46-/m1/s1. The van der Waals surface area contributed by atoms with Crippen molar-refractivity contribution >= 4 is 19.8 Å². The first-order valence-corrected chi connectivity index (χ1v) is 24.5. The lowest BCUT2D eigenvalue weighted by Gasteiger charge is -2.24. The van der Waals surface area contributed by atoms with Crippen LogP contribution in [-0.4, -0.2) is 74.9 Å². The molecule has 0 aromatic heterocycles. The Kier molecular flexibility index (Phi) is 38.5. The van der Waals surface area contributed by atoms with E-state index >= 15 is 0 Å². The second kappa shape index (κ2) is 40.1. The Morgan fingerprint density at radius 2 is 0.983 bits per heavy atom. The third kappa shape index (κ3) is 43.3. The number of phosphoric ester groups is 1. The van der Waals surface area contributed by atoms with Crippen LogP contribution in [0.2, 0.25) is 0 Å². The Morgan fingerprint density at radius 1 is 0.552 bits per heavy atom. The van der Waals surface area contributed by atoms with Crippen molar-refractivity contribution < 1.29 is 42.1 Å². The highest BCUT2D eigenvalue weighted by atomic mass is 31.2. The predicted octanol–water partition coefficient (Wildman–Crippen LogP) is 13.2. The molecule has 1 unspecified atom stereocenters. The summed E-state index contributed by atoms with van der Waals surface area (Å²) in [6, 6.07) is 0. The molecule has 10 heteroatoms. The Balaban J connectivity index is 4.41. The molecule has 0 aromatic carbocycles. The Morgan fingerprint density at radius 3 is 1.45 bits per heavy atom. The number of allylic oxidation sites excluding steroid dienone is 10. The topological polar surface area (TPSA) is 108 Å².